The van der Waals surface area contributed by atoms with Crippen molar-refractivity contribution >= 4 is 17.9 Å². The maximum atomic E-state index is 13.0. The van der Waals surface area contributed by atoms with E-state index < -0.39 is 0 Å². The zero-order chi connectivity index (χ0) is 17.1. The zero-order valence-electron chi connectivity index (χ0n) is 13.4. The van der Waals surface area contributed by atoms with Crippen molar-refractivity contribution in [2.75, 3.05) is 0 Å². The minimum Gasteiger partial charge on any atom is -0.289 e. The van der Waals surface area contributed by atoms with Crippen LogP contribution < -0.4 is 0 Å². The van der Waals surface area contributed by atoms with Crippen LogP contribution in [-0.2, 0) is 4.79 Å². The van der Waals surface area contributed by atoms with E-state index in [1.807, 2.05) is 19.1 Å². The van der Waals surface area contributed by atoms with Gasteiger partial charge >= 0.3 is 0 Å². The first kappa shape index (κ1) is 16.3. The lowest BCUT2D eigenvalue weighted by molar-refractivity contribution is -0.113. The normalized spacial score (nSPS) is 21.5. The molecule has 0 N–H and O–H groups in total. The van der Waals surface area contributed by atoms with Crippen LogP contribution in [0.1, 0.15) is 30.9 Å². The third-order valence-electron chi connectivity index (χ3n) is 4.33. The number of carbonyl (C=O) groups excluding carboxylic acids is 1. The first-order chi connectivity index (χ1) is 11.5. The monoisotopic (exact) mass is 324 g/mol. The Labute approximate surface area is 140 Å². The average molecular weight is 324 g/mol. The number of ketones is 1. The van der Waals surface area contributed by atoms with Crippen molar-refractivity contribution in [1.29, 1.82) is 0 Å². The molecule has 2 aromatic rings. The van der Waals surface area contributed by atoms with Crippen LogP contribution in [0, 0.1) is 17.6 Å². The molecule has 0 aromatic heterocycles. The van der Waals surface area contributed by atoms with Crippen LogP contribution in [0.2, 0.25) is 0 Å². The van der Waals surface area contributed by atoms with Crippen molar-refractivity contribution in [2.24, 2.45) is 5.92 Å². The van der Waals surface area contributed by atoms with Crippen LogP contribution in [0.3, 0.4) is 0 Å². The van der Waals surface area contributed by atoms with Gasteiger partial charge in [-0.25, -0.2) is 8.78 Å². The highest BCUT2D eigenvalue weighted by atomic mass is 19.1. The number of halogens is 2. The quantitative estimate of drug-likeness (QED) is 0.673. The number of carbonyl (C=O) groups is 1. The predicted octanol–water partition coefficient (Wildman–Crippen LogP) is 5.43. The maximum absolute atomic E-state index is 13.0. The molecule has 0 saturated heterocycles. The SMILES string of the molecule is C[C@@H]1CC/C(=C\c2ccc(F)cc2)C(=O)/C1=C\c1ccc(F)cc1. The lowest BCUT2D eigenvalue weighted by Gasteiger charge is -2.23. The minimum absolute atomic E-state index is 0.0161. The standard InChI is InChI=1S/C21H18F2O/c1-14-2-7-17(12-15-3-8-18(22)9-4-15)21(24)20(14)13-16-5-10-19(23)11-6-16/h3-6,8-14H,2,7H2,1H3/b17-12+,20-13-/t14-/m1/s1. The Hall–Kier alpha value is -2.55. The smallest absolute Gasteiger partial charge is 0.185 e. The molecule has 1 nitrogen and oxygen atoms in total. The summed E-state index contributed by atoms with van der Waals surface area (Å²) in [6.07, 6.45) is 5.25. The van der Waals surface area contributed by atoms with E-state index >= 15 is 0 Å². The second-order valence-electron chi connectivity index (χ2n) is 6.14. The summed E-state index contributed by atoms with van der Waals surface area (Å²) in [4.78, 5) is 12.8. The largest absolute Gasteiger partial charge is 0.289 e. The molecule has 0 bridgehead atoms. The Bertz CT molecular complexity index is 799. The highest BCUT2D eigenvalue weighted by Gasteiger charge is 2.26. The Balaban J connectivity index is 1.91. The minimum atomic E-state index is -0.294. The molecule has 0 unspecified atom stereocenters. The summed E-state index contributed by atoms with van der Waals surface area (Å²) >= 11 is 0. The summed E-state index contributed by atoms with van der Waals surface area (Å²) in [5, 5.41) is 0. The number of hydrogen-bond donors (Lipinski definition) is 0. The zero-order valence-corrected chi connectivity index (χ0v) is 13.4. The van der Waals surface area contributed by atoms with Crippen LogP contribution in [0.4, 0.5) is 8.78 Å². The molecule has 2 aromatic carbocycles. The van der Waals surface area contributed by atoms with Gasteiger partial charge in [-0.1, -0.05) is 31.2 Å². The first-order valence-corrected chi connectivity index (χ1v) is 8.01. The Morgan fingerprint density at radius 2 is 1.38 bits per heavy atom. The van der Waals surface area contributed by atoms with Gasteiger partial charge in [0.15, 0.2) is 5.78 Å². The van der Waals surface area contributed by atoms with Gasteiger partial charge in [0.1, 0.15) is 11.6 Å². The third-order valence-corrected chi connectivity index (χ3v) is 4.33. The van der Waals surface area contributed by atoms with Crippen LogP contribution in [0.5, 0.6) is 0 Å². The number of rotatable bonds is 2. The summed E-state index contributed by atoms with van der Waals surface area (Å²) in [7, 11) is 0. The van der Waals surface area contributed by atoms with Crippen molar-refractivity contribution in [3.63, 3.8) is 0 Å². The molecule has 1 atom stereocenters. The van der Waals surface area contributed by atoms with E-state index in [0.29, 0.717) is 6.42 Å². The average Bonchev–Trinajstić information content (AvgIpc) is 2.58. The van der Waals surface area contributed by atoms with Crippen molar-refractivity contribution in [3.05, 3.63) is 82.4 Å². The fraction of sp³-hybridized carbons (Fsp3) is 0.190. The molecule has 24 heavy (non-hydrogen) atoms. The van der Waals surface area contributed by atoms with Gasteiger partial charge in [-0.2, -0.15) is 0 Å². The number of allylic oxidation sites excluding steroid dienone is 2. The van der Waals surface area contributed by atoms with Gasteiger partial charge in [0.25, 0.3) is 0 Å². The first-order valence-electron chi connectivity index (χ1n) is 8.01. The Morgan fingerprint density at radius 1 is 0.875 bits per heavy atom. The van der Waals surface area contributed by atoms with Gasteiger partial charge in [-0.15, -0.1) is 0 Å². The Morgan fingerprint density at radius 3 is 1.92 bits per heavy atom. The van der Waals surface area contributed by atoms with E-state index in [1.165, 1.54) is 24.3 Å². The van der Waals surface area contributed by atoms with Crippen molar-refractivity contribution in [3.8, 4) is 0 Å². The molecule has 0 radical (unpaired) electrons. The van der Waals surface area contributed by atoms with E-state index in [-0.39, 0.29) is 23.3 Å². The summed E-state index contributed by atoms with van der Waals surface area (Å²) in [5.41, 5.74) is 3.10. The van der Waals surface area contributed by atoms with E-state index in [4.69, 9.17) is 0 Å². The second-order valence-corrected chi connectivity index (χ2v) is 6.14. The van der Waals surface area contributed by atoms with E-state index in [9.17, 15) is 13.6 Å². The molecular formula is C21H18F2O. The fourth-order valence-corrected chi connectivity index (χ4v) is 2.89. The van der Waals surface area contributed by atoms with E-state index in [0.717, 1.165) is 28.7 Å². The highest BCUT2D eigenvalue weighted by molar-refractivity contribution is 6.14. The molecule has 0 aliphatic heterocycles. The van der Waals surface area contributed by atoms with Gasteiger partial charge in [-0.3, -0.25) is 4.79 Å². The fourth-order valence-electron chi connectivity index (χ4n) is 2.89. The Kier molecular flexibility index (Phi) is 4.70. The molecule has 3 heteroatoms. The van der Waals surface area contributed by atoms with Crippen molar-refractivity contribution in [2.45, 2.75) is 19.8 Å². The van der Waals surface area contributed by atoms with E-state index in [2.05, 4.69) is 0 Å². The number of benzene rings is 2. The lowest BCUT2D eigenvalue weighted by Crippen LogP contribution is -2.19. The molecule has 1 aliphatic rings. The summed E-state index contributed by atoms with van der Waals surface area (Å²) in [6.45, 7) is 2.03. The molecule has 1 fully saturated rings. The topological polar surface area (TPSA) is 17.1 Å². The van der Waals surface area contributed by atoms with E-state index in [1.54, 1.807) is 24.3 Å². The van der Waals surface area contributed by atoms with Gasteiger partial charge in [-0.05, 0) is 66.3 Å². The van der Waals surface area contributed by atoms with Crippen molar-refractivity contribution < 1.29 is 13.6 Å². The van der Waals surface area contributed by atoms with Gasteiger partial charge < -0.3 is 0 Å². The third kappa shape index (κ3) is 3.67. The second kappa shape index (κ2) is 6.91. The molecular weight excluding hydrogens is 306 g/mol. The molecule has 3 rings (SSSR count). The summed E-state index contributed by atoms with van der Waals surface area (Å²) in [5.74, 6) is -0.412. The van der Waals surface area contributed by atoms with Crippen LogP contribution in [0.25, 0.3) is 12.2 Å². The molecule has 122 valence electrons. The van der Waals surface area contributed by atoms with Gasteiger partial charge in [0.05, 0.1) is 0 Å². The highest BCUT2D eigenvalue weighted by Crippen LogP contribution is 2.32. The lowest BCUT2D eigenvalue weighted by atomic mass is 9.80. The van der Waals surface area contributed by atoms with Crippen LogP contribution >= 0.6 is 0 Å². The number of hydrogen-bond acceptors (Lipinski definition) is 1. The predicted molar refractivity (Wildman–Crippen MR) is 92.2 cm³/mol. The summed E-state index contributed by atoms with van der Waals surface area (Å²) in [6, 6.07) is 12.2. The van der Waals surface area contributed by atoms with Crippen LogP contribution in [0.15, 0.2) is 59.7 Å². The molecule has 1 saturated carbocycles. The molecule has 0 amide bonds. The molecule has 0 spiro atoms. The maximum Gasteiger partial charge on any atom is 0.185 e. The molecule has 0 heterocycles. The summed E-state index contributed by atoms with van der Waals surface area (Å²) < 4.78 is 26.0. The van der Waals surface area contributed by atoms with Gasteiger partial charge in [0, 0.05) is 11.1 Å². The van der Waals surface area contributed by atoms with Crippen LogP contribution in [-0.4, -0.2) is 5.78 Å². The number of Topliss-reactive ketones (excluding diaryl/α,β-unsaturated/α-hetero) is 1. The molecule has 1 aliphatic carbocycles. The van der Waals surface area contributed by atoms with Gasteiger partial charge in [0.2, 0.25) is 0 Å². The van der Waals surface area contributed by atoms with Crippen molar-refractivity contribution in [1.82, 2.24) is 0 Å².